The van der Waals surface area contributed by atoms with Crippen LogP contribution < -0.4 is 0 Å². The van der Waals surface area contributed by atoms with E-state index in [2.05, 4.69) is 47.6 Å². The van der Waals surface area contributed by atoms with Crippen molar-refractivity contribution >= 4 is 44.9 Å². The predicted octanol–water partition coefficient (Wildman–Crippen LogP) is 3.84. The summed E-state index contributed by atoms with van der Waals surface area (Å²) in [5.41, 5.74) is 2.64. The molecule has 0 radical (unpaired) electrons. The third kappa shape index (κ3) is 3.56. The molecule has 0 aliphatic heterocycles. The summed E-state index contributed by atoms with van der Waals surface area (Å²) in [7, 11) is 3.10. The van der Waals surface area contributed by atoms with E-state index in [1.165, 1.54) is 11.1 Å². The van der Waals surface area contributed by atoms with Crippen molar-refractivity contribution in [3.05, 3.63) is 35.4 Å². The van der Waals surface area contributed by atoms with Crippen LogP contribution in [0.5, 0.6) is 0 Å². The Morgan fingerprint density at radius 2 is 1.17 bits per heavy atom. The highest BCUT2D eigenvalue weighted by molar-refractivity contribution is 8.68. The lowest BCUT2D eigenvalue weighted by Gasteiger charge is -2.00. The average Bonchev–Trinajstić information content (AvgIpc) is 2.09. The average molecular weight is 234 g/mol. The first-order valence-electron chi connectivity index (χ1n) is 3.47. The Balaban J connectivity index is 2.58. The van der Waals surface area contributed by atoms with E-state index in [4.69, 9.17) is 0 Å². The Morgan fingerprint density at radius 3 is 1.42 bits per heavy atom. The molecule has 0 bridgehead atoms. The highest BCUT2D eigenvalue weighted by Crippen LogP contribution is 2.18. The lowest BCUT2D eigenvalue weighted by atomic mass is 10.2. The van der Waals surface area contributed by atoms with E-state index in [0.717, 1.165) is 11.5 Å². The highest BCUT2D eigenvalue weighted by atomic mass is 33.1. The number of rotatable bonds is 4. The summed E-state index contributed by atoms with van der Waals surface area (Å²) < 4.78 is 0. The van der Waals surface area contributed by atoms with Crippen LogP contribution in [0.15, 0.2) is 24.3 Å². The number of hydrogen-bond donors (Lipinski definition) is 2. The molecule has 0 heterocycles. The van der Waals surface area contributed by atoms with Gasteiger partial charge in [0.05, 0.1) is 0 Å². The van der Waals surface area contributed by atoms with Gasteiger partial charge in [0.1, 0.15) is 0 Å². The molecule has 0 fully saturated rings. The first kappa shape index (κ1) is 10.7. The molecule has 12 heavy (non-hydrogen) atoms. The summed E-state index contributed by atoms with van der Waals surface area (Å²) in [5, 5.41) is 0. The van der Waals surface area contributed by atoms with Gasteiger partial charge in [-0.3, -0.25) is 0 Å². The summed E-state index contributed by atoms with van der Waals surface area (Å²) in [4.78, 5) is 0. The molecule has 0 nitrogen and oxygen atoms in total. The quantitative estimate of drug-likeness (QED) is 0.600. The third-order valence-electron chi connectivity index (χ3n) is 1.49. The largest absolute Gasteiger partial charge is 0.111 e. The Labute approximate surface area is 91.5 Å². The van der Waals surface area contributed by atoms with Crippen molar-refractivity contribution < 1.29 is 0 Å². The van der Waals surface area contributed by atoms with Gasteiger partial charge < -0.3 is 0 Å². The van der Waals surface area contributed by atoms with E-state index in [1.807, 2.05) is 0 Å². The summed E-state index contributed by atoms with van der Waals surface area (Å²) in [5.74, 6) is 1.94. The molecule has 0 N–H and O–H groups in total. The maximum atomic E-state index is 4.10. The Kier molecular flexibility index (Phi) is 5.47. The van der Waals surface area contributed by atoms with Crippen molar-refractivity contribution in [3.8, 4) is 0 Å². The van der Waals surface area contributed by atoms with Gasteiger partial charge in [-0.05, 0) is 11.1 Å². The van der Waals surface area contributed by atoms with E-state index < -0.39 is 0 Å². The van der Waals surface area contributed by atoms with Crippen LogP contribution in [0.4, 0.5) is 0 Å². The molecule has 0 aliphatic rings. The zero-order valence-electron chi connectivity index (χ0n) is 6.43. The van der Waals surface area contributed by atoms with Gasteiger partial charge in [0.15, 0.2) is 0 Å². The lowest BCUT2D eigenvalue weighted by Crippen LogP contribution is -1.81. The highest BCUT2D eigenvalue weighted by Gasteiger charge is 1.93. The van der Waals surface area contributed by atoms with Crippen LogP contribution in [0.1, 0.15) is 11.1 Å². The Hall–Kier alpha value is 0.620. The number of benzene rings is 1. The number of hydrogen-bond acceptors (Lipinski definition) is 4. The lowest BCUT2D eigenvalue weighted by molar-refractivity contribution is 1.35. The second-order valence-corrected chi connectivity index (χ2v) is 5.01. The predicted molar refractivity (Wildman–Crippen MR) is 67.0 cm³/mol. The molecule has 0 aromatic heterocycles. The summed E-state index contributed by atoms with van der Waals surface area (Å²) in [6.45, 7) is 0. The smallest absolute Gasteiger partial charge is 0.0286 e. The zero-order valence-corrected chi connectivity index (χ0v) is 9.86. The summed E-state index contributed by atoms with van der Waals surface area (Å²) in [6, 6.07) is 8.57. The zero-order chi connectivity index (χ0) is 8.81. The van der Waals surface area contributed by atoms with E-state index in [0.29, 0.717) is 0 Å². The minimum absolute atomic E-state index is 0.970. The van der Waals surface area contributed by atoms with Gasteiger partial charge >= 0.3 is 0 Å². The van der Waals surface area contributed by atoms with Crippen LogP contribution >= 0.6 is 44.9 Å². The summed E-state index contributed by atoms with van der Waals surface area (Å²) >= 11 is 8.20. The van der Waals surface area contributed by atoms with Crippen LogP contribution in [0.3, 0.4) is 0 Å². The normalized spacial score (nSPS) is 10.2. The fourth-order valence-electron chi connectivity index (χ4n) is 0.881. The summed E-state index contributed by atoms with van der Waals surface area (Å²) in [6.07, 6.45) is 0. The van der Waals surface area contributed by atoms with E-state index >= 15 is 0 Å². The fourth-order valence-corrected chi connectivity index (χ4v) is 2.46. The molecular formula is C8H10S4. The first-order chi connectivity index (χ1) is 5.86. The second-order valence-electron chi connectivity index (χ2n) is 2.36. The van der Waals surface area contributed by atoms with Crippen molar-refractivity contribution in [2.45, 2.75) is 11.5 Å². The van der Waals surface area contributed by atoms with Gasteiger partial charge in [0, 0.05) is 11.5 Å². The van der Waals surface area contributed by atoms with Gasteiger partial charge in [0.25, 0.3) is 0 Å². The minimum atomic E-state index is 0.970. The molecule has 0 saturated heterocycles. The maximum Gasteiger partial charge on any atom is 0.0286 e. The molecule has 1 aromatic rings. The molecule has 0 amide bonds. The van der Waals surface area contributed by atoms with Crippen molar-refractivity contribution in [2.75, 3.05) is 0 Å². The Bertz CT molecular complexity index is 194. The van der Waals surface area contributed by atoms with E-state index in [9.17, 15) is 0 Å². The second kappa shape index (κ2) is 6.13. The van der Waals surface area contributed by atoms with Crippen LogP contribution in [0.25, 0.3) is 0 Å². The third-order valence-corrected chi connectivity index (χ3v) is 3.18. The molecule has 0 saturated carbocycles. The van der Waals surface area contributed by atoms with Gasteiger partial charge in [0.2, 0.25) is 0 Å². The maximum absolute atomic E-state index is 4.10. The number of thiol groups is 2. The minimum Gasteiger partial charge on any atom is -0.111 e. The van der Waals surface area contributed by atoms with Crippen LogP contribution in [-0.4, -0.2) is 0 Å². The molecule has 1 aromatic carbocycles. The first-order valence-corrected chi connectivity index (χ1v) is 7.55. The molecule has 4 heteroatoms. The van der Waals surface area contributed by atoms with Gasteiger partial charge in [-0.15, -0.1) is 23.3 Å². The van der Waals surface area contributed by atoms with Gasteiger partial charge in [-0.25, -0.2) is 0 Å². The SMILES string of the molecule is SSCc1ccc(CSS)cc1. The van der Waals surface area contributed by atoms with Crippen molar-refractivity contribution in [2.24, 2.45) is 0 Å². The van der Waals surface area contributed by atoms with Crippen LogP contribution in [0.2, 0.25) is 0 Å². The molecular weight excluding hydrogens is 224 g/mol. The van der Waals surface area contributed by atoms with Crippen LogP contribution in [0, 0.1) is 0 Å². The van der Waals surface area contributed by atoms with Crippen LogP contribution in [-0.2, 0) is 11.5 Å². The Morgan fingerprint density at radius 1 is 0.833 bits per heavy atom. The molecule has 0 aliphatic carbocycles. The molecule has 0 spiro atoms. The fraction of sp³-hybridized carbons (Fsp3) is 0.250. The van der Waals surface area contributed by atoms with Gasteiger partial charge in [-0.2, -0.15) is 0 Å². The van der Waals surface area contributed by atoms with Crippen molar-refractivity contribution in [1.82, 2.24) is 0 Å². The molecule has 66 valence electrons. The van der Waals surface area contributed by atoms with Crippen molar-refractivity contribution in [1.29, 1.82) is 0 Å². The molecule has 0 unspecified atom stereocenters. The standard InChI is InChI=1S/C8H10S4/c9-11-5-7-1-2-8(4-3-7)6-12-10/h1-4,9-10H,5-6H2. The van der Waals surface area contributed by atoms with Gasteiger partial charge in [-0.1, -0.05) is 45.9 Å². The monoisotopic (exact) mass is 234 g/mol. The topological polar surface area (TPSA) is 0 Å². The molecule has 0 atom stereocenters. The van der Waals surface area contributed by atoms with Crippen molar-refractivity contribution in [3.63, 3.8) is 0 Å². The van der Waals surface area contributed by atoms with E-state index in [-0.39, 0.29) is 0 Å². The molecule has 1 rings (SSSR count). The van der Waals surface area contributed by atoms with E-state index in [1.54, 1.807) is 21.6 Å².